The molecule has 0 unspecified atom stereocenters. The van der Waals surface area contributed by atoms with E-state index in [1.54, 1.807) is 14.0 Å². The summed E-state index contributed by atoms with van der Waals surface area (Å²) in [6.07, 6.45) is 0. The minimum absolute atomic E-state index is 0.176. The van der Waals surface area contributed by atoms with Crippen molar-refractivity contribution in [2.24, 2.45) is 0 Å². The van der Waals surface area contributed by atoms with Crippen LogP contribution in [-0.2, 0) is 11.4 Å². The molecule has 3 aromatic carbocycles. The molecular formula is C23H21N3O4S. The number of rotatable bonds is 8. The normalized spacial score (nSPS) is 11.9. The first-order valence-corrected chi connectivity index (χ1v) is 10.5. The van der Waals surface area contributed by atoms with Gasteiger partial charge in [-0.05, 0) is 42.6 Å². The Labute approximate surface area is 183 Å². The van der Waals surface area contributed by atoms with E-state index in [4.69, 9.17) is 9.47 Å². The molecular weight excluding hydrogens is 414 g/mol. The zero-order valence-electron chi connectivity index (χ0n) is 17.1. The molecule has 1 atom stereocenters. The second kappa shape index (κ2) is 9.09. The first kappa shape index (κ1) is 20.7. The Morgan fingerprint density at radius 3 is 2.55 bits per heavy atom. The summed E-state index contributed by atoms with van der Waals surface area (Å²) in [6, 6.07) is 21.3. The largest absolute Gasteiger partial charge is 0.497 e. The molecule has 0 aliphatic rings. The van der Waals surface area contributed by atoms with Crippen LogP contribution in [-0.4, -0.2) is 38.2 Å². The third kappa shape index (κ3) is 4.49. The summed E-state index contributed by atoms with van der Waals surface area (Å²) in [4.78, 5) is 11.4. The zero-order valence-corrected chi connectivity index (χ0v) is 17.9. The van der Waals surface area contributed by atoms with E-state index in [0.29, 0.717) is 11.0 Å². The zero-order chi connectivity index (χ0) is 21.8. The minimum Gasteiger partial charge on any atom is -0.497 e. The fourth-order valence-electron chi connectivity index (χ4n) is 3.13. The summed E-state index contributed by atoms with van der Waals surface area (Å²) in [5, 5.41) is 19.7. The van der Waals surface area contributed by atoms with Crippen LogP contribution in [0.4, 0.5) is 0 Å². The van der Waals surface area contributed by atoms with E-state index >= 15 is 0 Å². The molecule has 1 N–H and O–H groups in total. The first-order valence-electron chi connectivity index (χ1n) is 9.65. The van der Waals surface area contributed by atoms with E-state index in [1.807, 2.05) is 71.3 Å². The van der Waals surface area contributed by atoms with Crippen LogP contribution in [0, 0.1) is 0 Å². The lowest BCUT2D eigenvalue weighted by atomic mass is 10.1. The van der Waals surface area contributed by atoms with E-state index in [0.717, 1.165) is 39.7 Å². The van der Waals surface area contributed by atoms with Gasteiger partial charge in [-0.25, -0.2) is 0 Å². The van der Waals surface area contributed by atoms with E-state index in [9.17, 15) is 9.90 Å². The minimum atomic E-state index is -0.914. The van der Waals surface area contributed by atoms with Crippen molar-refractivity contribution in [3.63, 3.8) is 0 Å². The predicted molar refractivity (Wildman–Crippen MR) is 119 cm³/mol. The van der Waals surface area contributed by atoms with Crippen LogP contribution in [0.2, 0.25) is 0 Å². The Kier molecular flexibility index (Phi) is 6.08. The summed E-state index contributed by atoms with van der Waals surface area (Å²) in [6.45, 7) is 1.79. The van der Waals surface area contributed by atoms with Crippen molar-refractivity contribution in [2.45, 2.75) is 23.9 Å². The smallest absolute Gasteiger partial charge is 0.316 e. The number of thioether (sulfide) groups is 1. The number of carboxylic acid groups (broad SMARTS) is 1. The van der Waals surface area contributed by atoms with Gasteiger partial charge in [0, 0.05) is 11.1 Å². The molecule has 158 valence electrons. The van der Waals surface area contributed by atoms with Crippen molar-refractivity contribution >= 4 is 28.5 Å². The molecule has 0 saturated heterocycles. The van der Waals surface area contributed by atoms with Crippen molar-refractivity contribution in [3.8, 4) is 17.2 Å². The van der Waals surface area contributed by atoms with Crippen LogP contribution in [0.1, 0.15) is 12.7 Å². The van der Waals surface area contributed by atoms with Gasteiger partial charge in [0.2, 0.25) is 0 Å². The maximum absolute atomic E-state index is 11.4. The second-order valence-electron chi connectivity index (χ2n) is 6.80. The number of carbonyl (C=O) groups is 1. The molecule has 0 aliphatic heterocycles. The van der Waals surface area contributed by atoms with Crippen LogP contribution in [0.15, 0.2) is 71.9 Å². The standard InChI is InChI=1S/C23H21N3O4S/c1-15(22(27)28)31-23-25-24-21(26(23)17-10-12-18(29-2)13-11-17)14-30-20-9-5-7-16-6-3-4-8-19(16)20/h3-13,15H,14H2,1-2H3,(H,27,28)/t15-/m0/s1. The Bertz CT molecular complexity index is 1200. The average molecular weight is 436 g/mol. The number of hydrogen-bond acceptors (Lipinski definition) is 6. The molecule has 1 heterocycles. The van der Waals surface area contributed by atoms with E-state index in [2.05, 4.69) is 10.2 Å². The molecule has 0 saturated carbocycles. The monoisotopic (exact) mass is 435 g/mol. The van der Waals surface area contributed by atoms with Crippen molar-refractivity contribution in [2.75, 3.05) is 7.11 Å². The number of methoxy groups -OCH3 is 1. The van der Waals surface area contributed by atoms with Crippen LogP contribution >= 0.6 is 11.8 Å². The van der Waals surface area contributed by atoms with Crippen molar-refractivity contribution in [1.82, 2.24) is 14.8 Å². The summed E-state index contributed by atoms with van der Waals surface area (Å²) >= 11 is 1.13. The average Bonchev–Trinajstić information content (AvgIpc) is 3.19. The van der Waals surface area contributed by atoms with Gasteiger partial charge in [-0.1, -0.05) is 48.2 Å². The van der Waals surface area contributed by atoms with Gasteiger partial charge in [-0.15, -0.1) is 10.2 Å². The van der Waals surface area contributed by atoms with Gasteiger partial charge in [0.1, 0.15) is 23.4 Å². The third-order valence-corrected chi connectivity index (χ3v) is 5.80. The predicted octanol–water partition coefficient (Wildman–Crippen LogP) is 4.57. The van der Waals surface area contributed by atoms with Gasteiger partial charge in [-0.3, -0.25) is 9.36 Å². The second-order valence-corrected chi connectivity index (χ2v) is 8.10. The highest BCUT2D eigenvalue weighted by molar-refractivity contribution is 8.00. The highest BCUT2D eigenvalue weighted by atomic mass is 32.2. The van der Waals surface area contributed by atoms with E-state index in [1.165, 1.54) is 0 Å². The van der Waals surface area contributed by atoms with Crippen molar-refractivity contribution in [1.29, 1.82) is 0 Å². The Morgan fingerprint density at radius 1 is 1.06 bits per heavy atom. The Hall–Kier alpha value is -3.52. The molecule has 4 rings (SSSR count). The number of benzene rings is 3. The molecule has 0 bridgehead atoms. The van der Waals surface area contributed by atoms with Crippen LogP contribution < -0.4 is 9.47 Å². The summed E-state index contributed by atoms with van der Waals surface area (Å²) < 4.78 is 13.2. The highest BCUT2D eigenvalue weighted by Gasteiger charge is 2.21. The fourth-order valence-corrected chi connectivity index (χ4v) is 3.95. The maximum atomic E-state index is 11.4. The number of fused-ring (bicyclic) bond motifs is 1. The van der Waals surface area contributed by atoms with Gasteiger partial charge in [0.05, 0.1) is 7.11 Å². The first-order chi connectivity index (χ1) is 15.1. The lowest BCUT2D eigenvalue weighted by Crippen LogP contribution is -2.13. The molecule has 7 nitrogen and oxygen atoms in total. The van der Waals surface area contributed by atoms with Crippen LogP contribution in [0.25, 0.3) is 16.5 Å². The quantitative estimate of drug-likeness (QED) is 0.406. The van der Waals surface area contributed by atoms with E-state index < -0.39 is 11.2 Å². The summed E-state index contributed by atoms with van der Waals surface area (Å²) in [7, 11) is 1.60. The number of carboxylic acids is 1. The Balaban J connectivity index is 1.67. The summed E-state index contributed by atoms with van der Waals surface area (Å²) in [5.41, 5.74) is 0.794. The SMILES string of the molecule is COc1ccc(-n2c(COc3cccc4ccccc34)nnc2S[C@@H](C)C(=O)O)cc1. The lowest BCUT2D eigenvalue weighted by Gasteiger charge is -2.13. The van der Waals surface area contributed by atoms with Crippen molar-refractivity contribution in [3.05, 3.63) is 72.6 Å². The third-order valence-electron chi connectivity index (χ3n) is 4.77. The van der Waals surface area contributed by atoms with Crippen molar-refractivity contribution < 1.29 is 19.4 Å². The molecule has 0 radical (unpaired) electrons. The number of aliphatic carboxylic acids is 1. The summed E-state index contributed by atoms with van der Waals surface area (Å²) in [5.74, 6) is 1.12. The lowest BCUT2D eigenvalue weighted by molar-refractivity contribution is -0.136. The molecule has 0 spiro atoms. The molecule has 31 heavy (non-hydrogen) atoms. The van der Waals surface area contributed by atoms with E-state index in [-0.39, 0.29) is 6.61 Å². The molecule has 0 amide bonds. The van der Waals surface area contributed by atoms with Crippen LogP contribution in [0.3, 0.4) is 0 Å². The molecule has 4 aromatic rings. The number of ether oxygens (including phenoxy) is 2. The fraction of sp³-hybridized carbons (Fsp3) is 0.174. The number of hydrogen-bond donors (Lipinski definition) is 1. The molecule has 0 aliphatic carbocycles. The number of nitrogens with zero attached hydrogens (tertiary/aromatic N) is 3. The Morgan fingerprint density at radius 2 is 1.81 bits per heavy atom. The number of aromatic nitrogens is 3. The van der Waals surface area contributed by atoms with Gasteiger partial charge in [0.25, 0.3) is 0 Å². The van der Waals surface area contributed by atoms with Gasteiger partial charge < -0.3 is 14.6 Å². The van der Waals surface area contributed by atoms with Crippen LogP contribution in [0.5, 0.6) is 11.5 Å². The molecule has 8 heteroatoms. The molecule has 1 aromatic heterocycles. The maximum Gasteiger partial charge on any atom is 0.316 e. The highest BCUT2D eigenvalue weighted by Crippen LogP contribution is 2.29. The van der Waals surface area contributed by atoms with Gasteiger partial charge >= 0.3 is 5.97 Å². The topological polar surface area (TPSA) is 86.5 Å². The van der Waals surface area contributed by atoms with Gasteiger partial charge in [-0.2, -0.15) is 0 Å². The van der Waals surface area contributed by atoms with Gasteiger partial charge in [0.15, 0.2) is 11.0 Å². The molecule has 0 fully saturated rings.